The Morgan fingerprint density at radius 2 is 1.59 bits per heavy atom. The van der Waals surface area contributed by atoms with Gasteiger partial charge in [0.05, 0.1) is 6.26 Å². The number of amides is 4. The summed E-state index contributed by atoms with van der Waals surface area (Å²) in [6, 6.07) is 15.6. The molecule has 9 nitrogen and oxygen atoms in total. The molecular weight excluding hydrogens is 376 g/mol. The van der Waals surface area contributed by atoms with Gasteiger partial charge in [-0.1, -0.05) is 6.07 Å². The molecule has 0 aliphatic heterocycles. The van der Waals surface area contributed by atoms with E-state index in [1.807, 2.05) is 0 Å². The van der Waals surface area contributed by atoms with Crippen LogP contribution in [0, 0.1) is 0 Å². The standard InChI is InChI=1S/C20H18N4O5/c21-20(27)24-14-8-6-13(7-9-14)22-18(25)12-29-16-4-1-3-15(11-16)23-19(26)17-5-2-10-28-17/h1-11H,12H2,(H,22,25)(H,23,26)(H3,21,24,27). The van der Waals surface area contributed by atoms with E-state index >= 15 is 0 Å². The Balaban J connectivity index is 1.51. The van der Waals surface area contributed by atoms with Crippen LogP contribution in [0.4, 0.5) is 21.9 Å². The van der Waals surface area contributed by atoms with Gasteiger partial charge in [-0.3, -0.25) is 9.59 Å². The maximum absolute atomic E-state index is 12.1. The monoisotopic (exact) mass is 394 g/mol. The number of rotatable bonds is 7. The molecule has 0 fully saturated rings. The molecular formula is C20H18N4O5. The predicted molar refractivity (Wildman–Crippen MR) is 107 cm³/mol. The van der Waals surface area contributed by atoms with E-state index in [1.165, 1.54) is 6.26 Å². The van der Waals surface area contributed by atoms with Gasteiger partial charge in [0.15, 0.2) is 12.4 Å². The molecule has 0 spiro atoms. The van der Waals surface area contributed by atoms with Crippen LogP contribution in [0.3, 0.4) is 0 Å². The minimum Gasteiger partial charge on any atom is -0.484 e. The van der Waals surface area contributed by atoms with Gasteiger partial charge in [0.2, 0.25) is 0 Å². The first-order valence-electron chi connectivity index (χ1n) is 8.54. The molecule has 0 saturated carbocycles. The Labute approximate surface area is 165 Å². The van der Waals surface area contributed by atoms with Crippen molar-refractivity contribution in [2.24, 2.45) is 5.73 Å². The van der Waals surface area contributed by atoms with Gasteiger partial charge in [-0.2, -0.15) is 0 Å². The third kappa shape index (κ3) is 5.86. The fourth-order valence-electron chi connectivity index (χ4n) is 2.39. The van der Waals surface area contributed by atoms with Gasteiger partial charge in [-0.25, -0.2) is 4.79 Å². The highest BCUT2D eigenvalue weighted by Gasteiger charge is 2.10. The molecule has 0 saturated heterocycles. The van der Waals surface area contributed by atoms with Crippen molar-refractivity contribution in [1.82, 2.24) is 0 Å². The molecule has 9 heteroatoms. The Morgan fingerprint density at radius 1 is 0.862 bits per heavy atom. The summed E-state index contributed by atoms with van der Waals surface area (Å²) in [5.41, 5.74) is 6.59. The van der Waals surface area contributed by atoms with Crippen LogP contribution < -0.4 is 26.4 Å². The summed E-state index contributed by atoms with van der Waals surface area (Å²) in [4.78, 5) is 34.8. The summed E-state index contributed by atoms with van der Waals surface area (Å²) in [7, 11) is 0. The van der Waals surface area contributed by atoms with Gasteiger partial charge in [-0.05, 0) is 48.5 Å². The third-order valence-electron chi connectivity index (χ3n) is 3.64. The van der Waals surface area contributed by atoms with Crippen LogP contribution in [0.5, 0.6) is 5.75 Å². The lowest BCUT2D eigenvalue weighted by molar-refractivity contribution is -0.118. The van der Waals surface area contributed by atoms with Gasteiger partial charge in [0.1, 0.15) is 5.75 Å². The van der Waals surface area contributed by atoms with Crippen LogP contribution in [0.15, 0.2) is 71.3 Å². The zero-order valence-electron chi connectivity index (χ0n) is 15.2. The molecule has 29 heavy (non-hydrogen) atoms. The molecule has 2 aromatic carbocycles. The molecule has 3 rings (SSSR count). The molecule has 0 aliphatic carbocycles. The molecule has 0 atom stereocenters. The Hall–Kier alpha value is -4.27. The molecule has 1 heterocycles. The second kappa shape index (κ2) is 9.09. The maximum atomic E-state index is 12.1. The quantitative estimate of drug-likeness (QED) is 0.488. The second-order valence-corrected chi connectivity index (χ2v) is 5.86. The zero-order chi connectivity index (χ0) is 20.6. The first kappa shape index (κ1) is 19.5. The fraction of sp³-hybridized carbons (Fsp3) is 0.0500. The van der Waals surface area contributed by atoms with Crippen molar-refractivity contribution in [1.29, 1.82) is 0 Å². The molecule has 5 N–H and O–H groups in total. The van der Waals surface area contributed by atoms with Crippen LogP contribution in [-0.2, 0) is 4.79 Å². The van der Waals surface area contributed by atoms with E-state index < -0.39 is 6.03 Å². The smallest absolute Gasteiger partial charge is 0.316 e. The van der Waals surface area contributed by atoms with Gasteiger partial charge >= 0.3 is 6.03 Å². The summed E-state index contributed by atoms with van der Waals surface area (Å²) >= 11 is 0. The Kier molecular flexibility index (Phi) is 6.11. The fourth-order valence-corrected chi connectivity index (χ4v) is 2.39. The van der Waals surface area contributed by atoms with Gasteiger partial charge < -0.3 is 30.8 Å². The van der Waals surface area contributed by atoms with Crippen molar-refractivity contribution >= 4 is 34.9 Å². The maximum Gasteiger partial charge on any atom is 0.316 e. The van der Waals surface area contributed by atoms with Gasteiger partial charge in [0, 0.05) is 23.1 Å². The molecule has 0 aliphatic rings. The number of carbonyl (C=O) groups is 3. The van der Waals surface area contributed by atoms with Crippen LogP contribution >= 0.6 is 0 Å². The van der Waals surface area contributed by atoms with Crippen LogP contribution in [0.25, 0.3) is 0 Å². The van der Waals surface area contributed by atoms with Crippen LogP contribution in [0.1, 0.15) is 10.6 Å². The molecule has 148 valence electrons. The van der Waals surface area contributed by atoms with Gasteiger partial charge in [-0.15, -0.1) is 0 Å². The average molecular weight is 394 g/mol. The van der Waals surface area contributed by atoms with E-state index in [-0.39, 0.29) is 24.2 Å². The lowest BCUT2D eigenvalue weighted by Gasteiger charge is -2.10. The summed E-state index contributed by atoms with van der Waals surface area (Å²) < 4.78 is 10.5. The highest BCUT2D eigenvalue weighted by atomic mass is 16.5. The lowest BCUT2D eigenvalue weighted by Crippen LogP contribution is -2.21. The van der Waals surface area contributed by atoms with Crippen molar-refractivity contribution in [3.05, 3.63) is 72.7 Å². The highest BCUT2D eigenvalue weighted by molar-refractivity contribution is 6.02. The predicted octanol–water partition coefficient (Wildman–Crippen LogP) is 3.04. The normalized spacial score (nSPS) is 10.1. The number of nitrogens with one attached hydrogen (secondary N) is 3. The minimum absolute atomic E-state index is 0.188. The van der Waals surface area contributed by atoms with E-state index in [0.717, 1.165) is 0 Å². The average Bonchev–Trinajstić information content (AvgIpc) is 3.23. The molecule has 1 aromatic heterocycles. The first-order chi connectivity index (χ1) is 14.0. The molecule has 0 radical (unpaired) electrons. The van der Waals surface area contributed by atoms with Crippen LogP contribution in [-0.4, -0.2) is 24.5 Å². The SMILES string of the molecule is NC(=O)Nc1ccc(NC(=O)COc2cccc(NC(=O)c3ccco3)c2)cc1. The largest absolute Gasteiger partial charge is 0.484 e. The molecule has 4 amide bonds. The Bertz CT molecular complexity index is 1000. The number of carbonyl (C=O) groups excluding carboxylic acids is 3. The number of nitrogens with two attached hydrogens (primary N) is 1. The number of hydrogen-bond donors (Lipinski definition) is 4. The number of furan rings is 1. The zero-order valence-corrected chi connectivity index (χ0v) is 15.2. The summed E-state index contributed by atoms with van der Waals surface area (Å²) in [5, 5.41) is 7.77. The van der Waals surface area contributed by atoms with Gasteiger partial charge in [0.25, 0.3) is 11.8 Å². The molecule has 0 unspecified atom stereocenters. The topological polar surface area (TPSA) is 136 Å². The lowest BCUT2D eigenvalue weighted by atomic mass is 10.2. The van der Waals surface area contributed by atoms with E-state index in [1.54, 1.807) is 60.7 Å². The van der Waals surface area contributed by atoms with Crippen molar-refractivity contribution < 1.29 is 23.5 Å². The Morgan fingerprint density at radius 3 is 2.24 bits per heavy atom. The van der Waals surface area contributed by atoms with E-state index in [4.69, 9.17) is 14.9 Å². The number of hydrogen-bond acceptors (Lipinski definition) is 5. The van der Waals surface area contributed by atoms with Crippen molar-refractivity contribution in [3.63, 3.8) is 0 Å². The minimum atomic E-state index is -0.669. The van der Waals surface area contributed by atoms with Crippen molar-refractivity contribution in [2.45, 2.75) is 0 Å². The number of benzene rings is 2. The summed E-state index contributed by atoms with van der Waals surface area (Å²) in [6.07, 6.45) is 1.41. The second-order valence-electron chi connectivity index (χ2n) is 5.86. The third-order valence-corrected chi connectivity index (χ3v) is 3.64. The summed E-state index contributed by atoms with van der Waals surface area (Å²) in [5.74, 6) is -0.157. The van der Waals surface area contributed by atoms with E-state index in [9.17, 15) is 14.4 Å². The molecule has 0 bridgehead atoms. The van der Waals surface area contributed by atoms with E-state index in [2.05, 4.69) is 16.0 Å². The number of ether oxygens (including phenoxy) is 1. The van der Waals surface area contributed by atoms with Crippen molar-refractivity contribution in [2.75, 3.05) is 22.6 Å². The first-order valence-corrected chi connectivity index (χ1v) is 8.54. The number of anilines is 3. The van der Waals surface area contributed by atoms with E-state index in [0.29, 0.717) is 22.8 Å². The van der Waals surface area contributed by atoms with Crippen molar-refractivity contribution in [3.8, 4) is 5.75 Å². The highest BCUT2D eigenvalue weighted by Crippen LogP contribution is 2.19. The number of urea groups is 1. The number of primary amides is 1. The van der Waals surface area contributed by atoms with Crippen LogP contribution in [0.2, 0.25) is 0 Å². The molecule has 3 aromatic rings. The summed E-state index contributed by atoms with van der Waals surface area (Å²) in [6.45, 7) is -0.225.